The highest BCUT2D eigenvalue weighted by Gasteiger charge is 2.25. The molecule has 0 saturated carbocycles. The summed E-state index contributed by atoms with van der Waals surface area (Å²) in [5, 5.41) is 5.85. The zero-order valence-electron chi connectivity index (χ0n) is 16.3. The average molecular weight is 419 g/mol. The van der Waals surface area contributed by atoms with Crippen molar-refractivity contribution in [3.05, 3.63) is 41.7 Å². The molecule has 3 rings (SSSR count). The number of amides is 3. The van der Waals surface area contributed by atoms with Crippen molar-refractivity contribution in [2.45, 2.75) is 13.0 Å². The Kier molecular flexibility index (Phi) is 6.71. The van der Waals surface area contributed by atoms with E-state index in [9.17, 15) is 9.59 Å². The number of hydrogen-bond acceptors (Lipinski definition) is 6. The van der Waals surface area contributed by atoms with Crippen molar-refractivity contribution in [3.8, 4) is 5.75 Å². The second-order valence-corrected chi connectivity index (χ2v) is 6.94. The van der Waals surface area contributed by atoms with E-state index in [2.05, 4.69) is 20.6 Å². The summed E-state index contributed by atoms with van der Waals surface area (Å²) in [4.78, 5) is 37.0. The first-order chi connectivity index (χ1) is 14.0. The van der Waals surface area contributed by atoms with Gasteiger partial charge in [0.1, 0.15) is 11.8 Å². The lowest BCUT2D eigenvalue weighted by Gasteiger charge is -2.35. The van der Waals surface area contributed by atoms with Crippen LogP contribution in [0.5, 0.6) is 5.75 Å². The summed E-state index contributed by atoms with van der Waals surface area (Å²) in [6.07, 6.45) is 3.38. The smallest absolute Gasteiger partial charge is 0.318 e. The van der Waals surface area contributed by atoms with Crippen molar-refractivity contribution in [2.75, 3.05) is 43.5 Å². The van der Waals surface area contributed by atoms with Gasteiger partial charge in [-0.05, 0) is 31.2 Å². The Labute approximate surface area is 174 Å². The van der Waals surface area contributed by atoms with Crippen LogP contribution in [0.4, 0.5) is 16.4 Å². The summed E-state index contributed by atoms with van der Waals surface area (Å²) in [5.74, 6) is 0.834. The number of nitrogens with zero attached hydrogens (tertiary/aromatic N) is 4. The van der Waals surface area contributed by atoms with E-state index in [4.69, 9.17) is 16.3 Å². The molecule has 1 aliphatic heterocycles. The maximum Gasteiger partial charge on any atom is 0.318 e. The van der Waals surface area contributed by atoms with E-state index in [1.165, 1.54) is 7.11 Å². The molecule has 0 spiro atoms. The molecule has 2 aromatic rings. The fourth-order valence-corrected chi connectivity index (χ4v) is 3.16. The Balaban J connectivity index is 1.49. The van der Waals surface area contributed by atoms with Crippen LogP contribution in [0, 0.1) is 0 Å². The number of urea groups is 1. The van der Waals surface area contributed by atoms with Crippen molar-refractivity contribution in [1.82, 2.24) is 20.2 Å². The molecule has 1 aromatic heterocycles. The zero-order valence-corrected chi connectivity index (χ0v) is 17.0. The molecule has 0 bridgehead atoms. The Morgan fingerprint density at radius 3 is 2.48 bits per heavy atom. The zero-order chi connectivity index (χ0) is 20.8. The van der Waals surface area contributed by atoms with Gasteiger partial charge in [0.25, 0.3) is 0 Å². The van der Waals surface area contributed by atoms with Gasteiger partial charge in [0.2, 0.25) is 11.9 Å². The number of piperazine rings is 1. The standard InChI is InChI=1S/C19H23ClN6O3/c1-13(17(27)24-14-4-5-16(29-2)15(20)12-14)23-19(28)26-10-8-25(9-11-26)18-21-6-3-7-22-18/h3-7,12-13H,8-11H2,1-2H3,(H,23,28)(H,24,27)/t13-/m0/s1. The number of methoxy groups -OCH3 is 1. The van der Waals surface area contributed by atoms with Gasteiger partial charge in [-0.25, -0.2) is 14.8 Å². The Hall–Kier alpha value is -3.07. The first kappa shape index (κ1) is 20.7. The summed E-state index contributed by atoms with van der Waals surface area (Å²) in [6, 6.07) is 5.71. The fourth-order valence-electron chi connectivity index (χ4n) is 2.90. The van der Waals surface area contributed by atoms with E-state index in [0.29, 0.717) is 48.6 Å². The van der Waals surface area contributed by atoms with Gasteiger partial charge >= 0.3 is 6.03 Å². The third kappa shape index (κ3) is 5.26. The van der Waals surface area contributed by atoms with E-state index in [1.807, 2.05) is 4.90 Å². The van der Waals surface area contributed by atoms with Gasteiger partial charge in [0.05, 0.1) is 12.1 Å². The van der Waals surface area contributed by atoms with Crippen LogP contribution in [-0.4, -0.2) is 66.1 Å². The number of carbonyl (C=O) groups excluding carboxylic acids is 2. The van der Waals surface area contributed by atoms with E-state index in [0.717, 1.165) is 0 Å². The van der Waals surface area contributed by atoms with Crippen LogP contribution >= 0.6 is 11.6 Å². The number of halogens is 1. The molecular weight excluding hydrogens is 396 g/mol. The maximum absolute atomic E-state index is 12.5. The Morgan fingerprint density at radius 2 is 1.86 bits per heavy atom. The lowest BCUT2D eigenvalue weighted by Crippen LogP contribution is -2.55. The van der Waals surface area contributed by atoms with E-state index in [-0.39, 0.29) is 11.9 Å². The Morgan fingerprint density at radius 1 is 1.17 bits per heavy atom. The predicted molar refractivity (Wildman–Crippen MR) is 110 cm³/mol. The summed E-state index contributed by atoms with van der Waals surface area (Å²) in [7, 11) is 1.52. The highest BCUT2D eigenvalue weighted by molar-refractivity contribution is 6.32. The van der Waals surface area contributed by atoms with Gasteiger partial charge < -0.3 is 25.2 Å². The number of rotatable bonds is 5. The van der Waals surface area contributed by atoms with Crippen LogP contribution in [0.1, 0.15) is 6.92 Å². The van der Waals surface area contributed by atoms with Crippen molar-refractivity contribution in [2.24, 2.45) is 0 Å². The molecule has 0 radical (unpaired) electrons. The lowest BCUT2D eigenvalue weighted by molar-refractivity contribution is -0.117. The van der Waals surface area contributed by atoms with Gasteiger partial charge in [0, 0.05) is 44.3 Å². The summed E-state index contributed by atoms with van der Waals surface area (Å²) in [6.45, 7) is 3.93. The van der Waals surface area contributed by atoms with E-state index < -0.39 is 6.04 Å². The van der Waals surface area contributed by atoms with E-state index in [1.54, 1.807) is 48.5 Å². The van der Waals surface area contributed by atoms with Crippen molar-refractivity contribution >= 4 is 35.2 Å². The number of anilines is 2. The molecule has 1 saturated heterocycles. The van der Waals surface area contributed by atoms with Crippen LogP contribution < -0.4 is 20.3 Å². The van der Waals surface area contributed by atoms with Gasteiger partial charge in [-0.2, -0.15) is 0 Å². The van der Waals surface area contributed by atoms with Crippen molar-refractivity contribution < 1.29 is 14.3 Å². The topological polar surface area (TPSA) is 99.7 Å². The second kappa shape index (κ2) is 9.42. The molecule has 1 atom stereocenters. The normalized spacial score (nSPS) is 14.9. The summed E-state index contributed by atoms with van der Waals surface area (Å²) < 4.78 is 5.09. The monoisotopic (exact) mass is 418 g/mol. The molecule has 1 aromatic carbocycles. The number of ether oxygens (including phenoxy) is 1. The third-order valence-corrected chi connectivity index (χ3v) is 4.85. The Bertz CT molecular complexity index is 858. The van der Waals surface area contributed by atoms with Crippen LogP contribution in [0.2, 0.25) is 5.02 Å². The van der Waals surface area contributed by atoms with Crippen molar-refractivity contribution in [1.29, 1.82) is 0 Å². The molecule has 2 N–H and O–H groups in total. The number of benzene rings is 1. The minimum atomic E-state index is -0.709. The van der Waals surface area contributed by atoms with Crippen LogP contribution in [0.15, 0.2) is 36.7 Å². The highest BCUT2D eigenvalue weighted by atomic mass is 35.5. The largest absolute Gasteiger partial charge is 0.495 e. The van der Waals surface area contributed by atoms with Crippen LogP contribution in [-0.2, 0) is 4.79 Å². The lowest BCUT2D eigenvalue weighted by atomic mass is 10.2. The molecule has 154 valence electrons. The first-order valence-corrected chi connectivity index (χ1v) is 9.57. The summed E-state index contributed by atoms with van der Waals surface area (Å²) in [5.41, 5.74) is 0.526. The van der Waals surface area contributed by atoms with Gasteiger partial charge in [-0.15, -0.1) is 0 Å². The number of aromatic nitrogens is 2. The van der Waals surface area contributed by atoms with Crippen molar-refractivity contribution in [3.63, 3.8) is 0 Å². The third-order valence-electron chi connectivity index (χ3n) is 4.55. The molecule has 0 unspecified atom stereocenters. The number of hydrogen-bond donors (Lipinski definition) is 2. The molecule has 3 amide bonds. The molecule has 2 heterocycles. The average Bonchev–Trinajstić information content (AvgIpc) is 2.74. The van der Waals surface area contributed by atoms with Crippen LogP contribution in [0.3, 0.4) is 0 Å². The molecular formula is C19H23ClN6O3. The van der Waals surface area contributed by atoms with Gasteiger partial charge in [-0.3, -0.25) is 4.79 Å². The molecule has 9 nitrogen and oxygen atoms in total. The predicted octanol–water partition coefficient (Wildman–Crippen LogP) is 2.00. The SMILES string of the molecule is COc1ccc(NC(=O)[C@H](C)NC(=O)N2CCN(c3ncccn3)CC2)cc1Cl. The van der Waals surface area contributed by atoms with Gasteiger partial charge in [-0.1, -0.05) is 11.6 Å². The molecule has 1 aliphatic rings. The first-order valence-electron chi connectivity index (χ1n) is 9.19. The van der Waals surface area contributed by atoms with Gasteiger partial charge in [0.15, 0.2) is 0 Å². The highest BCUT2D eigenvalue weighted by Crippen LogP contribution is 2.27. The fraction of sp³-hybridized carbons (Fsp3) is 0.368. The molecule has 10 heteroatoms. The molecule has 1 fully saturated rings. The maximum atomic E-state index is 12.5. The quantitative estimate of drug-likeness (QED) is 0.770. The van der Waals surface area contributed by atoms with E-state index >= 15 is 0 Å². The second-order valence-electron chi connectivity index (χ2n) is 6.53. The number of carbonyl (C=O) groups is 2. The van der Waals surface area contributed by atoms with Crippen LogP contribution in [0.25, 0.3) is 0 Å². The minimum Gasteiger partial charge on any atom is -0.495 e. The minimum absolute atomic E-state index is 0.283. The number of nitrogens with one attached hydrogen (secondary N) is 2. The molecule has 29 heavy (non-hydrogen) atoms. The molecule has 0 aliphatic carbocycles. The summed E-state index contributed by atoms with van der Waals surface area (Å²) >= 11 is 6.07.